The van der Waals surface area contributed by atoms with E-state index >= 15 is 0 Å². The smallest absolute Gasteiger partial charge is 0.191 e. The van der Waals surface area contributed by atoms with Crippen molar-refractivity contribution in [3.05, 3.63) is 53.2 Å². The second-order valence-corrected chi connectivity index (χ2v) is 8.33. The van der Waals surface area contributed by atoms with Gasteiger partial charge in [0.15, 0.2) is 5.96 Å². The number of aromatic nitrogens is 1. The second kappa shape index (κ2) is 9.35. The van der Waals surface area contributed by atoms with Crippen LogP contribution in [0.2, 0.25) is 5.02 Å². The van der Waals surface area contributed by atoms with E-state index in [0.29, 0.717) is 11.1 Å². The summed E-state index contributed by atoms with van der Waals surface area (Å²) < 4.78 is 5.36. The van der Waals surface area contributed by atoms with Crippen molar-refractivity contribution in [3.63, 3.8) is 0 Å². The van der Waals surface area contributed by atoms with Crippen molar-refractivity contribution in [1.29, 1.82) is 0 Å². The lowest BCUT2D eigenvalue weighted by Gasteiger charge is -2.28. The maximum absolute atomic E-state index is 6.30. The van der Waals surface area contributed by atoms with E-state index < -0.39 is 0 Å². The Balaban J connectivity index is 1.56. The number of hydrogen-bond donors (Lipinski definition) is 2. The number of guanidine groups is 1. The minimum absolute atomic E-state index is 0.0741. The number of nitrogens with zero attached hydrogens (tertiary/aromatic N) is 3. The van der Waals surface area contributed by atoms with Crippen LogP contribution >= 0.6 is 11.6 Å². The molecule has 1 unspecified atom stereocenters. The van der Waals surface area contributed by atoms with E-state index in [0.717, 1.165) is 43.6 Å². The molecule has 6 nitrogen and oxygen atoms in total. The SMILES string of the molecule is CN=C(NCC(C)(C)c1cccc(OC)c1)NC1CCN(c2ncccc2Cl)C1. The van der Waals surface area contributed by atoms with Gasteiger partial charge in [-0.1, -0.05) is 37.6 Å². The number of aliphatic imine (C=N–C) groups is 1. The molecule has 2 N–H and O–H groups in total. The predicted octanol–water partition coefficient (Wildman–Crippen LogP) is 3.47. The molecule has 1 aliphatic heterocycles. The summed E-state index contributed by atoms with van der Waals surface area (Å²) in [6, 6.07) is 12.2. The first-order valence-electron chi connectivity index (χ1n) is 9.90. The molecule has 2 heterocycles. The van der Waals surface area contributed by atoms with Crippen LogP contribution in [-0.2, 0) is 5.41 Å². The van der Waals surface area contributed by atoms with Crippen molar-refractivity contribution in [2.24, 2.45) is 4.99 Å². The maximum atomic E-state index is 6.30. The first-order chi connectivity index (χ1) is 13.9. The van der Waals surface area contributed by atoms with Crippen LogP contribution < -0.4 is 20.3 Å². The lowest BCUT2D eigenvalue weighted by Crippen LogP contribution is -2.48. The molecule has 0 spiro atoms. The zero-order valence-corrected chi connectivity index (χ0v) is 18.3. The van der Waals surface area contributed by atoms with Gasteiger partial charge in [0.05, 0.1) is 12.1 Å². The number of ether oxygens (including phenoxy) is 1. The van der Waals surface area contributed by atoms with E-state index in [4.69, 9.17) is 16.3 Å². The van der Waals surface area contributed by atoms with Crippen molar-refractivity contribution < 1.29 is 4.74 Å². The summed E-state index contributed by atoms with van der Waals surface area (Å²) in [5, 5.41) is 7.70. The topological polar surface area (TPSA) is 61.8 Å². The highest BCUT2D eigenvalue weighted by Gasteiger charge is 2.26. The first-order valence-corrected chi connectivity index (χ1v) is 10.3. The molecule has 0 amide bonds. The zero-order valence-electron chi connectivity index (χ0n) is 17.6. The van der Waals surface area contributed by atoms with Gasteiger partial charge in [0.25, 0.3) is 0 Å². The van der Waals surface area contributed by atoms with Crippen molar-refractivity contribution >= 4 is 23.4 Å². The molecule has 156 valence electrons. The fraction of sp³-hybridized carbons (Fsp3) is 0.455. The Morgan fingerprint density at radius 2 is 2.17 bits per heavy atom. The van der Waals surface area contributed by atoms with Crippen molar-refractivity contribution in [2.75, 3.05) is 38.7 Å². The van der Waals surface area contributed by atoms with Gasteiger partial charge in [-0.25, -0.2) is 4.98 Å². The molecule has 0 aliphatic carbocycles. The second-order valence-electron chi connectivity index (χ2n) is 7.93. The van der Waals surface area contributed by atoms with Gasteiger partial charge in [-0.05, 0) is 36.2 Å². The minimum Gasteiger partial charge on any atom is -0.497 e. The number of anilines is 1. The lowest BCUT2D eigenvalue weighted by atomic mass is 9.84. The molecule has 3 rings (SSSR count). The third-order valence-corrected chi connectivity index (χ3v) is 5.64. The number of rotatable bonds is 6. The Morgan fingerprint density at radius 1 is 1.34 bits per heavy atom. The maximum Gasteiger partial charge on any atom is 0.191 e. The average molecular weight is 416 g/mol. The molecule has 1 aromatic heterocycles. The Labute approximate surface area is 178 Å². The van der Waals surface area contributed by atoms with Crippen LogP contribution in [0.4, 0.5) is 5.82 Å². The van der Waals surface area contributed by atoms with E-state index in [1.165, 1.54) is 5.56 Å². The minimum atomic E-state index is -0.0741. The summed E-state index contributed by atoms with van der Waals surface area (Å²) in [5.41, 5.74) is 1.15. The summed E-state index contributed by atoms with van der Waals surface area (Å²) >= 11 is 6.30. The third-order valence-electron chi connectivity index (χ3n) is 5.34. The largest absolute Gasteiger partial charge is 0.497 e. The van der Waals surface area contributed by atoms with Crippen molar-refractivity contribution in [2.45, 2.75) is 31.7 Å². The molecule has 1 atom stereocenters. The van der Waals surface area contributed by atoms with Crippen LogP contribution in [0.5, 0.6) is 5.75 Å². The molecule has 7 heteroatoms. The molecule has 1 fully saturated rings. The summed E-state index contributed by atoms with van der Waals surface area (Å²) in [6.07, 6.45) is 2.79. The zero-order chi connectivity index (χ0) is 20.9. The number of methoxy groups -OCH3 is 1. The van der Waals surface area contributed by atoms with Gasteiger partial charge >= 0.3 is 0 Å². The van der Waals surface area contributed by atoms with Gasteiger partial charge in [-0.2, -0.15) is 0 Å². The van der Waals surface area contributed by atoms with Crippen LogP contribution in [-0.4, -0.2) is 50.8 Å². The normalized spacial score (nSPS) is 17.3. The summed E-state index contributed by atoms with van der Waals surface area (Å²) in [6.45, 7) is 6.94. The molecule has 1 saturated heterocycles. The molecular formula is C22H30ClN5O. The monoisotopic (exact) mass is 415 g/mol. The van der Waals surface area contributed by atoms with Gasteiger partial charge in [0.2, 0.25) is 0 Å². The highest BCUT2D eigenvalue weighted by molar-refractivity contribution is 6.32. The molecule has 1 aliphatic rings. The quantitative estimate of drug-likeness (QED) is 0.558. The highest BCUT2D eigenvalue weighted by atomic mass is 35.5. The van der Waals surface area contributed by atoms with E-state index in [1.54, 1.807) is 20.4 Å². The van der Waals surface area contributed by atoms with Gasteiger partial charge in [0.1, 0.15) is 11.6 Å². The Morgan fingerprint density at radius 3 is 2.90 bits per heavy atom. The van der Waals surface area contributed by atoms with Crippen LogP contribution in [0, 0.1) is 0 Å². The molecule has 29 heavy (non-hydrogen) atoms. The van der Waals surface area contributed by atoms with Gasteiger partial charge in [-0.15, -0.1) is 0 Å². The van der Waals surface area contributed by atoms with Crippen LogP contribution in [0.25, 0.3) is 0 Å². The van der Waals surface area contributed by atoms with Gasteiger partial charge < -0.3 is 20.3 Å². The summed E-state index contributed by atoms with van der Waals surface area (Å²) in [5.74, 6) is 2.53. The number of hydrogen-bond acceptors (Lipinski definition) is 4. The average Bonchev–Trinajstić information content (AvgIpc) is 3.19. The summed E-state index contributed by atoms with van der Waals surface area (Å²) in [7, 11) is 3.50. The predicted molar refractivity (Wildman–Crippen MR) is 120 cm³/mol. The van der Waals surface area contributed by atoms with Gasteiger partial charge in [-0.3, -0.25) is 4.99 Å². The van der Waals surface area contributed by atoms with Crippen molar-refractivity contribution in [1.82, 2.24) is 15.6 Å². The molecule has 1 aromatic carbocycles. The fourth-order valence-corrected chi connectivity index (χ4v) is 3.76. The standard InChI is InChI=1S/C22H30ClN5O/c1-22(2,16-7-5-8-18(13-16)29-4)15-26-21(24-3)27-17-10-12-28(14-17)20-19(23)9-6-11-25-20/h5-9,11,13,17H,10,12,14-15H2,1-4H3,(H2,24,26,27). The Kier molecular flexibility index (Phi) is 6.85. The molecule has 2 aromatic rings. The number of pyridine rings is 1. The first kappa shape index (κ1) is 21.2. The van der Waals surface area contributed by atoms with E-state index in [1.807, 2.05) is 24.3 Å². The van der Waals surface area contributed by atoms with Crippen LogP contribution in [0.15, 0.2) is 47.6 Å². The van der Waals surface area contributed by atoms with Gasteiger partial charge in [0, 0.05) is 44.3 Å². The van der Waals surface area contributed by atoms with E-state index in [9.17, 15) is 0 Å². The third kappa shape index (κ3) is 5.32. The van der Waals surface area contributed by atoms with Crippen LogP contribution in [0.3, 0.4) is 0 Å². The molecule has 0 saturated carbocycles. The molecule has 0 radical (unpaired) electrons. The van der Waals surface area contributed by atoms with E-state index in [-0.39, 0.29) is 5.41 Å². The molecular weight excluding hydrogens is 386 g/mol. The highest BCUT2D eigenvalue weighted by Crippen LogP contribution is 2.27. The van der Waals surface area contributed by atoms with Crippen LogP contribution in [0.1, 0.15) is 25.8 Å². The lowest BCUT2D eigenvalue weighted by molar-refractivity contribution is 0.411. The van der Waals surface area contributed by atoms with E-state index in [2.05, 4.69) is 51.5 Å². The summed E-state index contributed by atoms with van der Waals surface area (Å²) in [4.78, 5) is 11.0. The number of nitrogens with one attached hydrogen (secondary N) is 2. The number of halogens is 1. The number of benzene rings is 1. The molecule has 0 bridgehead atoms. The Bertz CT molecular complexity index is 855. The van der Waals surface area contributed by atoms with Crippen molar-refractivity contribution in [3.8, 4) is 5.75 Å². The fourth-order valence-electron chi connectivity index (χ4n) is 3.52. The Hall–Kier alpha value is -2.47.